The van der Waals surface area contributed by atoms with E-state index in [2.05, 4.69) is 14.9 Å². The number of fused-ring (bicyclic) bond motifs is 1. The van der Waals surface area contributed by atoms with Crippen molar-refractivity contribution in [1.82, 2.24) is 14.9 Å². The Kier molecular flexibility index (Phi) is 6.04. The number of piperazine rings is 1. The lowest BCUT2D eigenvalue weighted by Gasteiger charge is -2.35. The lowest BCUT2D eigenvalue weighted by atomic mass is 10.0. The van der Waals surface area contributed by atoms with Gasteiger partial charge in [-0.3, -0.25) is 14.9 Å². The summed E-state index contributed by atoms with van der Waals surface area (Å²) in [7, 11) is 0. The first kappa shape index (κ1) is 23.1. The number of benzene rings is 2. The molecule has 1 amide bonds. The van der Waals surface area contributed by atoms with Gasteiger partial charge in [0.05, 0.1) is 11.6 Å². The third kappa shape index (κ3) is 4.40. The fourth-order valence-corrected chi connectivity index (χ4v) is 4.56. The van der Waals surface area contributed by atoms with Crippen LogP contribution in [-0.2, 0) is 0 Å². The summed E-state index contributed by atoms with van der Waals surface area (Å²) in [5.74, 6) is -0.147. The van der Waals surface area contributed by atoms with Gasteiger partial charge in [-0.05, 0) is 48.4 Å². The Bertz CT molecular complexity index is 1460. The number of furan rings is 1. The summed E-state index contributed by atoms with van der Waals surface area (Å²) in [6.45, 7) is 3.81. The van der Waals surface area contributed by atoms with Crippen molar-refractivity contribution in [2.45, 2.75) is 6.92 Å². The van der Waals surface area contributed by atoms with Gasteiger partial charge in [-0.25, -0.2) is 9.97 Å². The Balaban J connectivity index is 1.37. The van der Waals surface area contributed by atoms with E-state index in [1.54, 1.807) is 4.90 Å². The number of carbonyl (C=O) groups excluding carboxylic acids is 1. The summed E-state index contributed by atoms with van der Waals surface area (Å²) in [6.07, 6.45) is 1.52. The first-order valence-corrected chi connectivity index (χ1v) is 11.6. The highest BCUT2D eigenvalue weighted by molar-refractivity contribution is 6.34. The van der Waals surface area contributed by atoms with Crippen LogP contribution < -0.4 is 4.90 Å². The van der Waals surface area contributed by atoms with Crippen LogP contribution in [0.15, 0.2) is 53.2 Å². The zero-order valence-corrected chi connectivity index (χ0v) is 20.1. The second kappa shape index (κ2) is 9.16. The van der Waals surface area contributed by atoms with Crippen LogP contribution in [0.25, 0.3) is 22.0 Å². The smallest absolute Gasteiger partial charge is 0.395 e. The van der Waals surface area contributed by atoms with Crippen molar-refractivity contribution in [1.29, 1.82) is 0 Å². The summed E-state index contributed by atoms with van der Waals surface area (Å²) < 4.78 is 5.06. The van der Waals surface area contributed by atoms with Crippen LogP contribution >= 0.6 is 23.2 Å². The number of nitro groups is 1. The lowest BCUT2D eigenvalue weighted by molar-refractivity contribution is -0.402. The van der Waals surface area contributed by atoms with Crippen molar-refractivity contribution >= 4 is 51.7 Å². The number of amides is 1. The number of hydrogen-bond acceptors (Lipinski definition) is 7. The topological polar surface area (TPSA) is 106 Å². The molecule has 9 nitrogen and oxygen atoms in total. The Labute approximate surface area is 210 Å². The molecule has 5 rings (SSSR count). The molecule has 2 aromatic heterocycles. The van der Waals surface area contributed by atoms with Gasteiger partial charge in [0, 0.05) is 47.2 Å². The maximum Gasteiger partial charge on any atom is 0.433 e. The van der Waals surface area contributed by atoms with Crippen molar-refractivity contribution in [3.05, 3.63) is 80.3 Å². The summed E-state index contributed by atoms with van der Waals surface area (Å²) in [5.41, 5.74) is 3.51. The van der Waals surface area contributed by atoms with Gasteiger partial charge in [0.2, 0.25) is 0 Å². The number of rotatable bonds is 4. The molecule has 0 N–H and O–H groups in total. The van der Waals surface area contributed by atoms with Crippen molar-refractivity contribution in [3.8, 4) is 11.1 Å². The summed E-state index contributed by atoms with van der Waals surface area (Å²) in [6, 6.07) is 12.1. The van der Waals surface area contributed by atoms with E-state index in [9.17, 15) is 14.9 Å². The summed E-state index contributed by atoms with van der Waals surface area (Å²) >= 11 is 12.9. The Morgan fingerprint density at radius 1 is 1.03 bits per heavy atom. The van der Waals surface area contributed by atoms with Gasteiger partial charge in [-0.1, -0.05) is 29.3 Å². The second-order valence-electron chi connectivity index (χ2n) is 8.18. The van der Waals surface area contributed by atoms with Crippen molar-refractivity contribution in [2.24, 2.45) is 0 Å². The van der Waals surface area contributed by atoms with Crippen LogP contribution in [0.4, 0.5) is 11.7 Å². The maximum absolute atomic E-state index is 12.7. The Morgan fingerprint density at radius 3 is 2.49 bits per heavy atom. The molecule has 11 heteroatoms. The maximum atomic E-state index is 12.7. The quantitative estimate of drug-likeness (QED) is 0.267. The van der Waals surface area contributed by atoms with Gasteiger partial charge >= 0.3 is 5.88 Å². The molecule has 178 valence electrons. The molecule has 1 aliphatic rings. The largest absolute Gasteiger partial charge is 0.433 e. The van der Waals surface area contributed by atoms with E-state index in [-0.39, 0.29) is 11.7 Å². The van der Waals surface area contributed by atoms with Crippen LogP contribution in [0.1, 0.15) is 16.1 Å². The molecule has 0 saturated carbocycles. The SMILES string of the molecule is Cc1cc(-c2cc3ncnc(N4CCN(C(=O)c5ccc([N+](=O)[O-])o5)CC4)c3cc2Cl)ccc1Cl. The molecule has 1 fully saturated rings. The van der Waals surface area contributed by atoms with E-state index in [1.165, 1.54) is 18.5 Å². The molecule has 2 aromatic carbocycles. The molecule has 0 bridgehead atoms. The van der Waals surface area contributed by atoms with Gasteiger partial charge in [0.15, 0.2) is 5.76 Å². The number of aromatic nitrogens is 2. The minimum atomic E-state index is -0.667. The number of carbonyl (C=O) groups is 1. The first-order valence-electron chi connectivity index (χ1n) is 10.8. The zero-order valence-electron chi connectivity index (χ0n) is 18.6. The third-order valence-electron chi connectivity index (χ3n) is 6.02. The molecule has 4 aromatic rings. The molecule has 3 heterocycles. The fourth-order valence-electron chi connectivity index (χ4n) is 4.17. The number of hydrogen-bond donors (Lipinski definition) is 0. The number of anilines is 1. The van der Waals surface area contributed by atoms with E-state index < -0.39 is 10.8 Å². The number of halogens is 2. The lowest BCUT2D eigenvalue weighted by Crippen LogP contribution is -2.49. The molecule has 35 heavy (non-hydrogen) atoms. The van der Waals surface area contributed by atoms with Crippen LogP contribution in [-0.4, -0.2) is 51.9 Å². The van der Waals surface area contributed by atoms with E-state index in [0.717, 1.165) is 33.4 Å². The van der Waals surface area contributed by atoms with Crippen molar-refractivity contribution in [3.63, 3.8) is 0 Å². The average molecular weight is 512 g/mol. The predicted octanol–water partition coefficient (Wildman–Crippen LogP) is 5.38. The van der Waals surface area contributed by atoms with Gasteiger partial charge in [-0.2, -0.15) is 0 Å². The number of nitrogens with zero attached hydrogens (tertiary/aromatic N) is 5. The molecule has 0 atom stereocenters. The molecule has 0 radical (unpaired) electrons. The first-order chi connectivity index (χ1) is 16.8. The Morgan fingerprint density at radius 2 is 1.80 bits per heavy atom. The highest BCUT2D eigenvalue weighted by atomic mass is 35.5. The van der Waals surface area contributed by atoms with Gasteiger partial charge in [0.1, 0.15) is 17.1 Å². The predicted molar refractivity (Wildman–Crippen MR) is 133 cm³/mol. The van der Waals surface area contributed by atoms with E-state index >= 15 is 0 Å². The van der Waals surface area contributed by atoms with E-state index in [4.69, 9.17) is 27.6 Å². The standard InChI is InChI=1S/C24H19Cl2N5O4/c1-14-10-15(2-3-18(14)25)16-12-20-17(11-19(16)26)23(28-13-27-20)29-6-8-30(9-7-29)24(32)21-4-5-22(35-21)31(33)34/h2-5,10-13H,6-9H2,1H3. The Hall–Kier alpha value is -3.69. The van der Waals surface area contributed by atoms with Crippen LogP contribution in [0.2, 0.25) is 10.0 Å². The molecule has 0 spiro atoms. The van der Waals surface area contributed by atoms with E-state index in [1.807, 2.05) is 37.3 Å². The molecular formula is C24H19Cl2N5O4. The highest BCUT2D eigenvalue weighted by Crippen LogP contribution is 2.36. The number of aryl methyl sites for hydroxylation is 1. The van der Waals surface area contributed by atoms with Crippen molar-refractivity contribution in [2.75, 3.05) is 31.1 Å². The zero-order chi connectivity index (χ0) is 24.7. The van der Waals surface area contributed by atoms with Crippen molar-refractivity contribution < 1.29 is 14.1 Å². The van der Waals surface area contributed by atoms with Crippen LogP contribution in [0, 0.1) is 17.0 Å². The highest BCUT2D eigenvalue weighted by Gasteiger charge is 2.27. The molecule has 1 saturated heterocycles. The monoisotopic (exact) mass is 511 g/mol. The van der Waals surface area contributed by atoms with Gasteiger partial charge < -0.3 is 14.2 Å². The average Bonchev–Trinajstić information content (AvgIpc) is 3.36. The normalized spacial score (nSPS) is 13.9. The minimum absolute atomic E-state index is 0.0469. The van der Waals surface area contributed by atoms with Crippen LogP contribution in [0.3, 0.4) is 0 Å². The minimum Gasteiger partial charge on any atom is -0.395 e. The molecule has 0 aliphatic carbocycles. The molecule has 1 aliphatic heterocycles. The van der Waals surface area contributed by atoms with E-state index in [0.29, 0.717) is 36.2 Å². The second-order valence-corrected chi connectivity index (χ2v) is 9.00. The molecular weight excluding hydrogens is 493 g/mol. The molecule has 0 unspecified atom stereocenters. The van der Waals surface area contributed by atoms with Crippen LogP contribution in [0.5, 0.6) is 0 Å². The van der Waals surface area contributed by atoms with Gasteiger partial charge in [-0.15, -0.1) is 0 Å². The van der Waals surface area contributed by atoms with Gasteiger partial charge in [0.25, 0.3) is 5.91 Å². The summed E-state index contributed by atoms with van der Waals surface area (Å²) in [4.78, 5) is 35.5. The summed E-state index contributed by atoms with van der Waals surface area (Å²) in [5, 5.41) is 12.9. The fraction of sp³-hybridized carbons (Fsp3) is 0.208. The third-order valence-corrected chi connectivity index (χ3v) is 6.76.